The predicted octanol–water partition coefficient (Wildman–Crippen LogP) is 3.14. The van der Waals surface area contributed by atoms with E-state index >= 15 is 0 Å². The number of ketones is 1. The van der Waals surface area contributed by atoms with E-state index in [1.165, 1.54) is 19.2 Å². The molecule has 4 nitrogen and oxygen atoms in total. The summed E-state index contributed by atoms with van der Waals surface area (Å²) < 4.78 is 29.2. The zero-order chi connectivity index (χ0) is 15.5. The summed E-state index contributed by atoms with van der Waals surface area (Å²) in [6, 6.07) is 4.56. The molecule has 0 aliphatic heterocycles. The van der Waals surface area contributed by atoms with Gasteiger partial charge in [-0.2, -0.15) is 0 Å². The van der Waals surface area contributed by atoms with Gasteiger partial charge in [0.15, 0.2) is 15.6 Å². The maximum atomic E-state index is 12.1. The molecule has 1 aromatic carbocycles. The molecule has 6 heteroatoms. The quantitative estimate of drug-likeness (QED) is 0.752. The van der Waals surface area contributed by atoms with Gasteiger partial charge in [-0.25, -0.2) is 8.42 Å². The van der Waals surface area contributed by atoms with Gasteiger partial charge in [0.05, 0.1) is 17.9 Å². The molecule has 0 heterocycles. The summed E-state index contributed by atoms with van der Waals surface area (Å²) >= 11 is 5.96. The van der Waals surface area contributed by atoms with Gasteiger partial charge in [0.25, 0.3) is 0 Å². The first-order valence-electron chi connectivity index (χ1n) is 6.98. The fourth-order valence-electron chi connectivity index (χ4n) is 2.72. The first kappa shape index (κ1) is 16.3. The maximum absolute atomic E-state index is 12.1. The maximum Gasteiger partial charge on any atom is 0.177 e. The number of sulfone groups is 1. The van der Waals surface area contributed by atoms with Crippen molar-refractivity contribution >= 4 is 27.2 Å². The molecule has 116 valence electrons. The Morgan fingerprint density at radius 1 is 1.33 bits per heavy atom. The van der Waals surface area contributed by atoms with Gasteiger partial charge in [-0.1, -0.05) is 24.4 Å². The predicted molar refractivity (Wildman–Crippen MR) is 82.9 cm³/mol. The lowest BCUT2D eigenvalue weighted by atomic mass is 10.1. The van der Waals surface area contributed by atoms with Gasteiger partial charge in [-0.05, 0) is 37.0 Å². The number of carbonyl (C=O) groups excluding carboxylic acids is 1. The summed E-state index contributed by atoms with van der Waals surface area (Å²) in [6.45, 7) is 0. The summed E-state index contributed by atoms with van der Waals surface area (Å²) in [5.41, 5.74) is 0.302. The molecule has 0 saturated heterocycles. The Hall–Kier alpha value is -1.07. The van der Waals surface area contributed by atoms with Crippen LogP contribution in [0.5, 0.6) is 5.75 Å². The molecule has 2 rings (SSSR count). The number of halogens is 1. The summed E-state index contributed by atoms with van der Waals surface area (Å²) in [4.78, 5) is 12.1. The van der Waals surface area contributed by atoms with Gasteiger partial charge < -0.3 is 4.74 Å². The lowest BCUT2D eigenvalue weighted by Crippen LogP contribution is -2.22. The highest BCUT2D eigenvalue weighted by Crippen LogP contribution is 2.27. The van der Waals surface area contributed by atoms with Gasteiger partial charge >= 0.3 is 0 Å². The van der Waals surface area contributed by atoms with Gasteiger partial charge in [-0.15, -0.1) is 0 Å². The SMILES string of the molecule is COc1ccc(C(=O)CS(=O)(=O)CC2CCCC2)cc1Cl. The number of hydrogen-bond acceptors (Lipinski definition) is 4. The number of ether oxygens (including phenoxy) is 1. The second-order valence-electron chi connectivity index (χ2n) is 5.48. The van der Waals surface area contributed by atoms with E-state index in [0.717, 1.165) is 25.7 Å². The third kappa shape index (κ3) is 4.45. The van der Waals surface area contributed by atoms with Crippen LogP contribution in [0.15, 0.2) is 18.2 Å². The molecule has 1 saturated carbocycles. The number of methoxy groups -OCH3 is 1. The second kappa shape index (κ2) is 6.79. The summed E-state index contributed by atoms with van der Waals surface area (Å²) in [6.07, 6.45) is 4.06. The van der Waals surface area contributed by atoms with Crippen molar-refractivity contribution in [3.05, 3.63) is 28.8 Å². The van der Waals surface area contributed by atoms with E-state index in [1.807, 2.05) is 0 Å². The number of benzene rings is 1. The van der Waals surface area contributed by atoms with Crippen molar-refractivity contribution in [2.45, 2.75) is 25.7 Å². The number of hydrogen-bond donors (Lipinski definition) is 0. The van der Waals surface area contributed by atoms with Crippen LogP contribution in [0, 0.1) is 5.92 Å². The zero-order valence-electron chi connectivity index (χ0n) is 12.0. The van der Waals surface area contributed by atoms with Crippen LogP contribution < -0.4 is 4.74 Å². The first-order valence-corrected chi connectivity index (χ1v) is 9.18. The fourth-order valence-corrected chi connectivity index (χ4v) is 4.71. The average molecular weight is 331 g/mol. The highest BCUT2D eigenvalue weighted by atomic mass is 35.5. The molecular weight excluding hydrogens is 312 g/mol. The molecule has 1 fully saturated rings. The minimum absolute atomic E-state index is 0.114. The molecule has 0 atom stereocenters. The van der Waals surface area contributed by atoms with E-state index in [0.29, 0.717) is 16.3 Å². The van der Waals surface area contributed by atoms with Gasteiger partial charge in [0.2, 0.25) is 0 Å². The van der Waals surface area contributed by atoms with Crippen molar-refractivity contribution in [1.29, 1.82) is 0 Å². The number of rotatable bonds is 6. The largest absolute Gasteiger partial charge is 0.495 e. The summed E-state index contributed by atoms with van der Waals surface area (Å²) in [5, 5.41) is 0.302. The second-order valence-corrected chi connectivity index (χ2v) is 7.99. The molecule has 1 aliphatic rings. The van der Waals surface area contributed by atoms with E-state index in [9.17, 15) is 13.2 Å². The van der Waals surface area contributed by atoms with Crippen molar-refractivity contribution < 1.29 is 17.9 Å². The van der Waals surface area contributed by atoms with Crippen molar-refractivity contribution in [1.82, 2.24) is 0 Å². The topological polar surface area (TPSA) is 60.4 Å². The van der Waals surface area contributed by atoms with Crippen LogP contribution in [0.25, 0.3) is 0 Å². The summed E-state index contributed by atoms with van der Waals surface area (Å²) in [5.74, 6) is -0.0868. The van der Waals surface area contributed by atoms with Crippen LogP contribution in [0.3, 0.4) is 0 Å². The fraction of sp³-hybridized carbons (Fsp3) is 0.533. The average Bonchev–Trinajstić information content (AvgIpc) is 2.90. The Balaban J connectivity index is 2.04. The lowest BCUT2D eigenvalue weighted by molar-refractivity contribution is 0.102. The molecule has 1 aliphatic carbocycles. The molecule has 0 amide bonds. The Morgan fingerprint density at radius 2 is 2.00 bits per heavy atom. The van der Waals surface area contributed by atoms with Crippen LogP contribution in [-0.2, 0) is 9.84 Å². The van der Waals surface area contributed by atoms with Crippen LogP contribution >= 0.6 is 11.6 Å². The van der Waals surface area contributed by atoms with Crippen LogP contribution in [0.1, 0.15) is 36.0 Å². The van der Waals surface area contributed by atoms with E-state index in [4.69, 9.17) is 16.3 Å². The minimum Gasteiger partial charge on any atom is -0.495 e. The zero-order valence-corrected chi connectivity index (χ0v) is 13.5. The van der Waals surface area contributed by atoms with Gasteiger partial charge in [-0.3, -0.25) is 4.79 Å². The highest BCUT2D eigenvalue weighted by molar-refractivity contribution is 7.92. The van der Waals surface area contributed by atoms with Crippen molar-refractivity contribution in [3.63, 3.8) is 0 Å². The molecule has 0 N–H and O–H groups in total. The Kier molecular flexibility index (Phi) is 5.27. The molecule has 21 heavy (non-hydrogen) atoms. The Morgan fingerprint density at radius 3 is 2.57 bits per heavy atom. The van der Waals surface area contributed by atoms with Crippen molar-refractivity contribution in [3.8, 4) is 5.75 Å². The van der Waals surface area contributed by atoms with E-state index < -0.39 is 21.4 Å². The molecule has 0 aromatic heterocycles. The molecular formula is C15H19ClO4S. The normalized spacial score (nSPS) is 16.1. The summed E-state index contributed by atoms with van der Waals surface area (Å²) in [7, 11) is -1.88. The van der Waals surface area contributed by atoms with Crippen molar-refractivity contribution in [2.75, 3.05) is 18.6 Å². The number of carbonyl (C=O) groups is 1. The lowest BCUT2D eigenvalue weighted by Gasteiger charge is -2.10. The third-order valence-corrected chi connectivity index (χ3v) is 5.77. The molecule has 0 unspecified atom stereocenters. The first-order chi connectivity index (χ1) is 9.91. The van der Waals surface area contributed by atoms with Crippen LogP contribution in [0.4, 0.5) is 0 Å². The Labute approximate surface area is 130 Å². The molecule has 0 bridgehead atoms. The Bertz CT molecular complexity index is 619. The number of Topliss-reactive ketones (excluding diaryl/α,β-unsaturated/α-hetero) is 1. The monoisotopic (exact) mass is 330 g/mol. The molecule has 0 radical (unpaired) electrons. The standard InChI is InChI=1S/C15H19ClO4S/c1-20-15-7-6-12(8-13(15)16)14(17)10-21(18,19)9-11-4-2-3-5-11/h6-8,11H,2-5,9-10H2,1H3. The van der Waals surface area contributed by atoms with E-state index in [1.54, 1.807) is 6.07 Å². The van der Waals surface area contributed by atoms with E-state index in [-0.39, 0.29) is 11.7 Å². The van der Waals surface area contributed by atoms with Gasteiger partial charge in [0.1, 0.15) is 11.5 Å². The highest BCUT2D eigenvalue weighted by Gasteiger charge is 2.25. The minimum atomic E-state index is -3.36. The third-order valence-electron chi connectivity index (χ3n) is 3.79. The smallest absolute Gasteiger partial charge is 0.177 e. The van der Waals surface area contributed by atoms with E-state index in [2.05, 4.69) is 0 Å². The van der Waals surface area contributed by atoms with Crippen LogP contribution in [-0.4, -0.2) is 32.8 Å². The molecule has 0 spiro atoms. The molecule has 1 aromatic rings. The van der Waals surface area contributed by atoms with Crippen LogP contribution in [0.2, 0.25) is 5.02 Å². The van der Waals surface area contributed by atoms with Gasteiger partial charge in [0, 0.05) is 5.56 Å². The van der Waals surface area contributed by atoms with Crippen molar-refractivity contribution in [2.24, 2.45) is 5.92 Å².